The minimum atomic E-state index is -0.605. The fourth-order valence-corrected chi connectivity index (χ4v) is 4.08. The number of imide groups is 1. The Morgan fingerprint density at radius 2 is 1.73 bits per heavy atom. The number of hydrazine groups is 1. The molecule has 1 aromatic rings. The number of nitrogens with zero attached hydrogens (tertiary/aromatic N) is 1. The van der Waals surface area contributed by atoms with Gasteiger partial charge in [0.05, 0.1) is 11.8 Å². The van der Waals surface area contributed by atoms with Gasteiger partial charge in [0.2, 0.25) is 0 Å². The van der Waals surface area contributed by atoms with Crippen LogP contribution >= 0.6 is 15.9 Å². The van der Waals surface area contributed by atoms with Gasteiger partial charge in [-0.2, -0.15) is 5.01 Å². The normalized spacial score (nSPS) is 32.5. The van der Waals surface area contributed by atoms with Gasteiger partial charge in [0.1, 0.15) is 0 Å². The zero-order chi connectivity index (χ0) is 15.4. The molecule has 0 radical (unpaired) electrons. The Morgan fingerprint density at radius 1 is 1.14 bits per heavy atom. The number of fused-ring (bicyclic) bond motifs is 1. The molecule has 2 bridgehead atoms. The van der Waals surface area contributed by atoms with E-state index in [1.165, 1.54) is 6.07 Å². The first kappa shape index (κ1) is 13.8. The second-order valence-corrected chi connectivity index (χ2v) is 6.68. The number of hydrogen-bond acceptors (Lipinski definition) is 4. The van der Waals surface area contributed by atoms with Crippen molar-refractivity contribution in [1.29, 1.82) is 0 Å². The van der Waals surface area contributed by atoms with Gasteiger partial charge in [0.15, 0.2) is 10.4 Å². The van der Waals surface area contributed by atoms with Crippen molar-refractivity contribution >= 4 is 33.7 Å². The second-order valence-electron chi connectivity index (χ2n) is 5.90. The molecule has 3 amide bonds. The van der Waals surface area contributed by atoms with Crippen molar-refractivity contribution in [3.8, 4) is 0 Å². The van der Waals surface area contributed by atoms with E-state index in [1.54, 1.807) is 6.07 Å². The van der Waals surface area contributed by atoms with Crippen LogP contribution in [0.15, 0.2) is 33.4 Å². The molecule has 2 heterocycles. The molecule has 22 heavy (non-hydrogen) atoms. The molecule has 2 fully saturated rings. The van der Waals surface area contributed by atoms with Crippen LogP contribution in [0, 0.1) is 23.7 Å². The van der Waals surface area contributed by atoms with Crippen molar-refractivity contribution in [2.45, 2.75) is 12.8 Å². The summed E-state index contributed by atoms with van der Waals surface area (Å²) in [6.45, 7) is 0. The van der Waals surface area contributed by atoms with Crippen LogP contribution in [0.2, 0.25) is 0 Å². The van der Waals surface area contributed by atoms with Gasteiger partial charge >= 0.3 is 5.91 Å². The summed E-state index contributed by atoms with van der Waals surface area (Å²) >= 11 is 3.11. The lowest BCUT2D eigenvalue weighted by Gasteiger charge is -2.37. The van der Waals surface area contributed by atoms with E-state index >= 15 is 0 Å². The van der Waals surface area contributed by atoms with Crippen LogP contribution in [0.1, 0.15) is 23.4 Å². The van der Waals surface area contributed by atoms with Gasteiger partial charge in [-0.1, -0.05) is 12.2 Å². The molecule has 1 aliphatic heterocycles. The van der Waals surface area contributed by atoms with Crippen LogP contribution in [0.4, 0.5) is 0 Å². The molecule has 4 atom stereocenters. The van der Waals surface area contributed by atoms with Gasteiger partial charge in [-0.3, -0.25) is 19.8 Å². The summed E-state index contributed by atoms with van der Waals surface area (Å²) in [5.41, 5.74) is 2.39. The predicted molar refractivity (Wildman–Crippen MR) is 78.1 cm³/mol. The van der Waals surface area contributed by atoms with Gasteiger partial charge in [-0.15, -0.1) is 0 Å². The number of amides is 3. The third-order valence-corrected chi connectivity index (χ3v) is 5.20. The number of rotatable bonds is 2. The predicted octanol–water partition coefficient (Wildman–Crippen LogP) is 1.88. The first-order chi connectivity index (χ1) is 10.6. The molecule has 7 heteroatoms. The quantitative estimate of drug-likeness (QED) is 0.641. The van der Waals surface area contributed by atoms with E-state index < -0.39 is 5.91 Å². The van der Waals surface area contributed by atoms with E-state index in [-0.39, 0.29) is 41.2 Å². The molecule has 3 aliphatic carbocycles. The number of furan rings is 1. The van der Waals surface area contributed by atoms with Gasteiger partial charge in [-0.25, -0.2) is 0 Å². The van der Waals surface area contributed by atoms with Gasteiger partial charge in [0, 0.05) is 0 Å². The summed E-state index contributed by atoms with van der Waals surface area (Å²) in [7, 11) is 0. The maximum Gasteiger partial charge on any atom is 0.306 e. The summed E-state index contributed by atoms with van der Waals surface area (Å²) in [5, 5.41) is 0.881. The van der Waals surface area contributed by atoms with Crippen molar-refractivity contribution in [1.82, 2.24) is 10.4 Å². The Kier molecular flexibility index (Phi) is 3.00. The van der Waals surface area contributed by atoms with E-state index in [4.69, 9.17) is 4.42 Å². The maximum absolute atomic E-state index is 12.5. The van der Waals surface area contributed by atoms with Crippen LogP contribution in [-0.2, 0) is 9.59 Å². The Bertz CT molecular complexity index is 678. The number of halogens is 1. The molecule has 0 unspecified atom stereocenters. The molecule has 0 spiro atoms. The molecule has 0 aromatic carbocycles. The molecule has 114 valence electrons. The molecular formula is C15H13BrN2O4. The van der Waals surface area contributed by atoms with Gasteiger partial charge < -0.3 is 4.42 Å². The van der Waals surface area contributed by atoms with Crippen LogP contribution < -0.4 is 5.43 Å². The fraction of sp³-hybridized carbons (Fsp3) is 0.400. The lowest BCUT2D eigenvalue weighted by atomic mass is 9.63. The highest BCUT2D eigenvalue weighted by molar-refractivity contribution is 9.10. The fourth-order valence-electron chi connectivity index (χ4n) is 3.78. The highest BCUT2D eigenvalue weighted by Gasteiger charge is 2.57. The second kappa shape index (κ2) is 4.81. The minimum absolute atomic E-state index is 0.0449. The number of carbonyl (C=O) groups excluding carboxylic acids is 3. The summed E-state index contributed by atoms with van der Waals surface area (Å²) in [6, 6.07) is 3.05. The molecule has 4 aliphatic rings. The lowest BCUT2D eigenvalue weighted by molar-refractivity contribution is -0.143. The van der Waals surface area contributed by atoms with Crippen molar-refractivity contribution in [3.63, 3.8) is 0 Å². The lowest BCUT2D eigenvalue weighted by Crippen LogP contribution is -2.46. The zero-order valence-electron chi connectivity index (χ0n) is 11.5. The van der Waals surface area contributed by atoms with Crippen LogP contribution in [-0.4, -0.2) is 22.7 Å². The first-order valence-corrected chi connectivity index (χ1v) is 7.98. The molecular weight excluding hydrogens is 352 g/mol. The summed E-state index contributed by atoms with van der Waals surface area (Å²) < 4.78 is 5.55. The highest BCUT2D eigenvalue weighted by Crippen LogP contribution is 2.49. The third-order valence-electron chi connectivity index (χ3n) is 4.77. The van der Waals surface area contributed by atoms with Crippen LogP contribution in [0.5, 0.6) is 0 Å². The molecule has 1 N–H and O–H groups in total. The number of hydrogen-bond donors (Lipinski definition) is 1. The Morgan fingerprint density at radius 3 is 2.18 bits per heavy atom. The largest absolute Gasteiger partial charge is 0.444 e. The Balaban J connectivity index is 1.58. The van der Waals surface area contributed by atoms with Crippen molar-refractivity contribution in [2.75, 3.05) is 0 Å². The van der Waals surface area contributed by atoms with Crippen molar-refractivity contribution in [2.24, 2.45) is 23.7 Å². The molecule has 1 saturated carbocycles. The van der Waals surface area contributed by atoms with E-state index in [1.807, 2.05) is 12.2 Å². The summed E-state index contributed by atoms with van der Waals surface area (Å²) in [6.07, 6.45) is 5.92. The number of nitrogens with one attached hydrogen (secondary N) is 1. The Labute approximate surface area is 134 Å². The Hall–Kier alpha value is -1.89. The summed E-state index contributed by atoms with van der Waals surface area (Å²) in [4.78, 5) is 37.2. The van der Waals surface area contributed by atoms with Crippen LogP contribution in [0.3, 0.4) is 0 Å². The highest BCUT2D eigenvalue weighted by atomic mass is 79.9. The van der Waals surface area contributed by atoms with Gasteiger partial charge in [0.25, 0.3) is 11.8 Å². The monoisotopic (exact) mass is 364 g/mol. The minimum Gasteiger partial charge on any atom is -0.444 e. The SMILES string of the molecule is O=C(NN1C(=O)[C@@H]2[C@@H](C1=O)[C@H]1C=C[C@@H]2CC1)c1ccc(Br)o1. The molecule has 5 rings (SSSR count). The number of allylic oxidation sites excluding steroid dienone is 2. The zero-order valence-corrected chi connectivity index (χ0v) is 13.1. The molecule has 1 aromatic heterocycles. The molecule has 6 nitrogen and oxygen atoms in total. The average Bonchev–Trinajstić information content (AvgIpc) is 3.07. The van der Waals surface area contributed by atoms with Crippen molar-refractivity contribution in [3.05, 3.63) is 34.7 Å². The van der Waals surface area contributed by atoms with Crippen LogP contribution in [0.25, 0.3) is 0 Å². The third kappa shape index (κ3) is 1.88. The topological polar surface area (TPSA) is 79.6 Å². The number of carbonyl (C=O) groups is 3. The van der Waals surface area contributed by atoms with E-state index in [0.717, 1.165) is 17.9 Å². The maximum atomic E-state index is 12.5. The van der Waals surface area contributed by atoms with E-state index in [2.05, 4.69) is 21.4 Å². The van der Waals surface area contributed by atoms with Crippen molar-refractivity contribution < 1.29 is 18.8 Å². The van der Waals surface area contributed by atoms with E-state index in [0.29, 0.717) is 4.67 Å². The summed E-state index contributed by atoms with van der Waals surface area (Å²) in [5.74, 6) is -1.65. The first-order valence-electron chi connectivity index (χ1n) is 7.18. The van der Waals surface area contributed by atoms with E-state index in [9.17, 15) is 14.4 Å². The average molecular weight is 365 g/mol. The van der Waals surface area contributed by atoms with Gasteiger partial charge in [-0.05, 0) is 52.7 Å². The molecule has 1 saturated heterocycles. The smallest absolute Gasteiger partial charge is 0.306 e. The standard InChI is InChI=1S/C15H13BrN2O4/c16-10-6-5-9(22-10)13(19)17-18-14(20)11-7-1-2-8(4-3-7)12(11)15(18)21/h1-2,5-8,11-12H,3-4H2,(H,17,19)/t7-,8+,11-,12-/m0/s1.